The molecule has 0 aliphatic rings. The van der Waals surface area contributed by atoms with E-state index >= 15 is 0 Å². The van der Waals surface area contributed by atoms with Crippen molar-refractivity contribution in [2.45, 2.75) is 58.9 Å². The Labute approximate surface area is 164 Å². The van der Waals surface area contributed by atoms with E-state index in [0.29, 0.717) is 29.5 Å². The molecule has 2 aromatic heterocycles. The van der Waals surface area contributed by atoms with Crippen LogP contribution < -0.4 is 16.6 Å². The summed E-state index contributed by atoms with van der Waals surface area (Å²) in [7, 11) is 1.50. The minimum Gasteiger partial charge on any atom is -0.327 e. The average Bonchev–Trinajstić information content (AvgIpc) is 2.71. The summed E-state index contributed by atoms with van der Waals surface area (Å²) in [5.41, 5.74) is 0.823. The van der Waals surface area contributed by atoms with E-state index in [1.54, 1.807) is 0 Å². The first-order chi connectivity index (χ1) is 13.6. The zero-order chi connectivity index (χ0) is 20.1. The van der Waals surface area contributed by atoms with Gasteiger partial charge in [-0.3, -0.25) is 19.3 Å². The van der Waals surface area contributed by atoms with Gasteiger partial charge in [0.15, 0.2) is 0 Å². The van der Waals surface area contributed by atoms with E-state index in [9.17, 15) is 9.59 Å². The summed E-state index contributed by atoms with van der Waals surface area (Å²) in [4.78, 5) is 32.9. The molecule has 6 heteroatoms. The van der Waals surface area contributed by atoms with E-state index < -0.39 is 5.69 Å². The molecule has 0 unspecified atom stereocenters. The largest absolute Gasteiger partial charge is 0.329 e. The van der Waals surface area contributed by atoms with Crippen LogP contribution in [0.3, 0.4) is 0 Å². The molecule has 0 saturated carbocycles. The lowest BCUT2D eigenvalue weighted by atomic mass is 10.1. The third-order valence-corrected chi connectivity index (χ3v) is 5.34. The summed E-state index contributed by atoms with van der Waals surface area (Å²) in [6.07, 6.45) is 7.18. The first kappa shape index (κ1) is 20.1. The Morgan fingerprint density at radius 2 is 1.71 bits per heavy atom. The van der Waals surface area contributed by atoms with Crippen LogP contribution >= 0.6 is 0 Å². The van der Waals surface area contributed by atoms with Gasteiger partial charge in [0, 0.05) is 25.5 Å². The average molecular weight is 383 g/mol. The zero-order valence-electron chi connectivity index (χ0n) is 17.1. The molecule has 3 aromatic rings. The van der Waals surface area contributed by atoms with Gasteiger partial charge in [-0.25, -0.2) is 4.79 Å². The molecule has 0 radical (unpaired) electrons. The molecule has 0 aliphatic carbocycles. The third kappa shape index (κ3) is 3.81. The standard InChI is InChI=1S/C22H30N4O2/c1-4-6-7-8-9-12-15-23-19-16-13-10-11-14-17(16)26(5-2)20-18(19)21(27)25(3)22(28)24-20/h10-11,13-14H,4-9,12,15H2,1-3H3,(H,24,28). The number of hydrogen-bond donors (Lipinski definition) is 1. The van der Waals surface area contributed by atoms with Crippen LogP contribution in [0.4, 0.5) is 0 Å². The number of fused-ring (bicyclic) bond motifs is 2. The molecule has 2 heterocycles. The highest BCUT2D eigenvalue weighted by molar-refractivity contribution is 5.91. The Morgan fingerprint density at radius 1 is 1.00 bits per heavy atom. The summed E-state index contributed by atoms with van der Waals surface area (Å²) in [6, 6.07) is 7.95. The van der Waals surface area contributed by atoms with Crippen molar-refractivity contribution in [2.24, 2.45) is 12.0 Å². The Hall–Kier alpha value is -2.63. The number of aryl methyl sites for hydroxylation is 1. The molecule has 0 amide bonds. The minimum absolute atomic E-state index is 0.298. The lowest BCUT2D eigenvalue weighted by Crippen LogP contribution is -2.36. The maximum absolute atomic E-state index is 13.0. The summed E-state index contributed by atoms with van der Waals surface area (Å²) < 4.78 is 3.11. The van der Waals surface area contributed by atoms with Crippen LogP contribution in [0.1, 0.15) is 52.4 Å². The molecule has 6 nitrogen and oxygen atoms in total. The van der Waals surface area contributed by atoms with Gasteiger partial charge in [-0.15, -0.1) is 0 Å². The van der Waals surface area contributed by atoms with E-state index in [1.807, 2.05) is 35.8 Å². The lowest BCUT2D eigenvalue weighted by molar-refractivity contribution is 0.610. The highest BCUT2D eigenvalue weighted by Gasteiger charge is 2.14. The molecule has 28 heavy (non-hydrogen) atoms. The van der Waals surface area contributed by atoms with E-state index in [1.165, 1.54) is 32.7 Å². The molecule has 1 aromatic carbocycles. The van der Waals surface area contributed by atoms with E-state index in [2.05, 4.69) is 11.9 Å². The van der Waals surface area contributed by atoms with Crippen LogP contribution in [-0.4, -0.2) is 20.7 Å². The summed E-state index contributed by atoms with van der Waals surface area (Å²) in [5, 5.41) is 2.14. The smallest absolute Gasteiger partial charge is 0.327 e. The van der Waals surface area contributed by atoms with Crippen LogP contribution in [0.5, 0.6) is 0 Å². The number of nitrogens with one attached hydrogen (secondary N) is 1. The van der Waals surface area contributed by atoms with Crippen molar-refractivity contribution in [3.63, 3.8) is 0 Å². The van der Waals surface area contributed by atoms with Gasteiger partial charge >= 0.3 is 5.69 Å². The number of nitrogens with zero attached hydrogens (tertiary/aromatic N) is 3. The van der Waals surface area contributed by atoms with Gasteiger partial charge in [0.25, 0.3) is 5.56 Å². The molecule has 0 atom stereocenters. The van der Waals surface area contributed by atoms with Gasteiger partial charge in [0.2, 0.25) is 0 Å². The Kier molecular flexibility index (Phi) is 6.49. The second-order valence-corrected chi connectivity index (χ2v) is 7.28. The van der Waals surface area contributed by atoms with E-state index in [0.717, 1.165) is 28.3 Å². The molecule has 0 fully saturated rings. The van der Waals surface area contributed by atoms with Crippen LogP contribution in [0.2, 0.25) is 0 Å². The molecular formula is C22H30N4O2. The van der Waals surface area contributed by atoms with Crippen molar-refractivity contribution < 1.29 is 0 Å². The Bertz CT molecular complexity index is 1150. The van der Waals surface area contributed by atoms with Gasteiger partial charge in [-0.1, -0.05) is 57.2 Å². The first-order valence-corrected chi connectivity index (χ1v) is 10.3. The van der Waals surface area contributed by atoms with Gasteiger partial charge in [-0.2, -0.15) is 0 Å². The topological polar surface area (TPSA) is 72.2 Å². The van der Waals surface area contributed by atoms with Gasteiger partial charge < -0.3 is 4.57 Å². The number of benzene rings is 1. The molecular weight excluding hydrogens is 352 g/mol. The van der Waals surface area contributed by atoms with Crippen LogP contribution in [0, 0.1) is 0 Å². The van der Waals surface area contributed by atoms with Crippen molar-refractivity contribution in [1.29, 1.82) is 0 Å². The second kappa shape index (κ2) is 9.04. The monoisotopic (exact) mass is 382 g/mol. The normalized spacial score (nSPS) is 12.3. The van der Waals surface area contributed by atoms with Crippen molar-refractivity contribution in [1.82, 2.24) is 14.1 Å². The SMILES string of the molecule is CCCCCCCCN=c1c2ccccc2n(CC)c2[nH]c(=O)n(C)c(=O)c12. The Morgan fingerprint density at radius 3 is 2.46 bits per heavy atom. The molecule has 0 saturated heterocycles. The van der Waals surface area contributed by atoms with Crippen LogP contribution in [-0.2, 0) is 13.6 Å². The van der Waals surface area contributed by atoms with E-state index in [4.69, 9.17) is 4.99 Å². The zero-order valence-corrected chi connectivity index (χ0v) is 17.1. The van der Waals surface area contributed by atoms with Crippen LogP contribution in [0.25, 0.3) is 21.9 Å². The second-order valence-electron chi connectivity index (χ2n) is 7.28. The number of aromatic amines is 1. The quantitative estimate of drug-likeness (QED) is 0.479. The minimum atomic E-state index is -0.406. The molecule has 3 rings (SSSR count). The molecule has 1 N–H and O–H groups in total. The highest BCUT2D eigenvalue weighted by Crippen LogP contribution is 2.15. The van der Waals surface area contributed by atoms with Crippen molar-refractivity contribution >= 4 is 21.9 Å². The van der Waals surface area contributed by atoms with Gasteiger partial charge in [-0.05, 0) is 19.4 Å². The number of unbranched alkanes of at least 4 members (excludes halogenated alkanes) is 5. The molecule has 0 aliphatic heterocycles. The predicted octanol–water partition coefficient (Wildman–Crippen LogP) is 3.46. The Balaban J connectivity index is 2.16. The summed E-state index contributed by atoms with van der Waals surface area (Å²) in [6.45, 7) is 5.56. The fraction of sp³-hybridized carbons (Fsp3) is 0.500. The number of pyridine rings is 1. The number of hydrogen-bond acceptors (Lipinski definition) is 3. The number of H-pyrrole nitrogens is 1. The number of para-hydroxylation sites is 1. The predicted molar refractivity (Wildman–Crippen MR) is 115 cm³/mol. The van der Waals surface area contributed by atoms with E-state index in [-0.39, 0.29) is 5.56 Å². The third-order valence-electron chi connectivity index (χ3n) is 5.34. The van der Waals surface area contributed by atoms with Crippen molar-refractivity contribution in [3.8, 4) is 0 Å². The van der Waals surface area contributed by atoms with Crippen molar-refractivity contribution in [3.05, 3.63) is 50.5 Å². The van der Waals surface area contributed by atoms with Crippen LogP contribution in [0.15, 0.2) is 38.8 Å². The molecule has 150 valence electrons. The fourth-order valence-electron chi connectivity index (χ4n) is 3.76. The summed E-state index contributed by atoms with van der Waals surface area (Å²) >= 11 is 0. The summed E-state index contributed by atoms with van der Waals surface area (Å²) in [5.74, 6) is 0. The number of rotatable bonds is 8. The molecule has 0 spiro atoms. The molecule has 0 bridgehead atoms. The highest BCUT2D eigenvalue weighted by atomic mass is 16.2. The maximum Gasteiger partial charge on any atom is 0.329 e. The maximum atomic E-state index is 13.0. The van der Waals surface area contributed by atoms with Crippen molar-refractivity contribution in [2.75, 3.05) is 6.54 Å². The fourth-order valence-corrected chi connectivity index (χ4v) is 3.76. The first-order valence-electron chi connectivity index (χ1n) is 10.3. The lowest BCUT2D eigenvalue weighted by Gasteiger charge is -2.14. The number of aromatic nitrogens is 3. The van der Waals surface area contributed by atoms with Gasteiger partial charge in [0.05, 0.1) is 10.9 Å². The van der Waals surface area contributed by atoms with Gasteiger partial charge in [0.1, 0.15) is 11.0 Å².